The van der Waals surface area contributed by atoms with Gasteiger partial charge in [-0.2, -0.15) is 0 Å². The summed E-state index contributed by atoms with van der Waals surface area (Å²) in [5, 5.41) is 0. The van der Waals surface area contributed by atoms with Gasteiger partial charge in [-0.25, -0.2) is 0 Å². The number of fused-ring (bicyclic) bond motifs is 3. The molecule has 2 aliphatic rings. The van der Waals surface area contributed by atoms with Crippen molar-refractivity contribution in [1.29, 1.82) is 0 Å². The molecule has 0 bridgehead atoms. The minimum Gasteiger partial charge on any atom is -0.294 e. The molecule has 0 radical (unpaired) electrons. The molecule has 1 aromatic carbocycles. The third-order valence-electron chi connectivity index (χ3n) is 4.34. The van der Waals surface area contributed by atoms with Crippen molar-refractivity contribution in [3.05, 3.63) is 34.4 Å². The summed E-state index contributed by atoms with van der Waals surface area (Å²) < 4.78 is 0. The first-order chi connectivity index (χ1) is 7.61. The van der Waals surface area contributed by atoms with Crippen LogP contribution in [0, 0.1) is 12.8 Å². The first-order valence-electron chi connectivity index (χ1n) is 6.29. The predicted molar refractivity (Wildman–Crippen MR) is 65.1 cm³/mol. The van der Waals surface area contributed by atoms with Gasteiger partial charge in [-0.3, -0.25) is 4.79 Å². The van der Waals surface area contributed by atoms with E-state index in [0.29, 0.717) is 23.5 Å². The molecule has 84 valence electrons. The summed E-state index contributed by atoms with van der Waals surface area (Å²) in [6, 6.07) is 4.35. The van der Waals surface area contributed by atoms with Crippen molar-refractivity contribution in [1.82, 2.24) is 0 Å². The highest BCUT2D eigenvalue weighted by Crippen LogP contribution is 2.53. The Kier molecular flexibility index (Phi) is 2.01. The Morgan fingerprint density at radius 3 is 2.44 bits per heavy atom. The van der Waals surface area contributed by atoms with Gasteiger partial charge in [0.25, 0.3) is 0 Å². The molecule has 0 heterocycles. The van der Waals surface area contributed by atoms with E-state index in [1.54, 1.807) is 0 Å². The molecule has 16 heavy (non-hydrogen) atoms. The molecule has 0 amide bonds. The highest BCUT2D eigenvalue weighted by molar-refractivity contribution is 6.05. The number of ketones is 1. The molecule has 0 aliphatic heterocycles. The van der Waals surface area contributed by atoms with Crippen LogP contribution >= 0.6 is 0 Å². The Morgan fingerprint density at radius 2 is 1.88 bits per heavy atom. The Bertz CT molecular complexity index is 471. The number of hydrogen-bond acceptors (Lipinski definition) is 1. The second kappa shape index (κ2) is 3.19. The molecule has 1 saturated carbocycles. The molecule has 0 aromatic heterocycles. The molecule has 0 saturated heterocycles. The maximum Gasteiger partial charge on any atom is 0.167 e. The maximum absolute atomic E-state index is 12.3. The van der Waals surface area contributed by atoms with Gasteiger partial charge in [-0.15, -0.1) is 0 Å². The van der Waals surface area contributed by atoms with Crippen LogP contribution in [0.1, 0.15) is 65.6 Å². The van der Waals surface area contributed by atoms with Crippen molar-refractivity contribution in [3.63, 3.8) is 0 Å². The highest BCUT2D eigenvalue weighted by Gasteiger charge is 2.47. The average molecular weight is 214 g/mol. The van der Waals surface area contributed by atoms with Gasteiger partial charge in [0, 0.05) is 11.5 Å². The molecular formula is C15H18O. The van der Waals surface area contributed by atoms with Crippen LogP contribution < -0.4 is 0 Å². The summed E-state index contributed by atoms with van der Waals surface area (Å²) in [5.74, 6) is 1.83. The van der Waals surface area contributed by atoms with E-state index in [1.165, 1.54) is 23.1 Å². The van der Waals surface area contributed by atoms with Gasteiger partial charge in [0.2, 0.25) is 0 Å². The minimum atomic E-state index is 0.327. The van der Waals surface area contributed by atoms with Crippen molar-refractivity contribution in [3.8, 4) is 0 Å². The fraction of sp³-hybridized carbons (Fsp3) is 0.533. The van der Waals surface area contributed by atoms with Crippen molar-refractivity contribution in [2.24, 2.45) is 5.92 Å². The number of hydrogen-bond donors (Lipinski definition) is 0. The molecule has 1 nitrogen and oxygen atoms in total. The van der Waals surface area contributed by atoms with Gasteiger partial charge in [-0.05, 0) is 48.3 Å². The lowest BCUT2D eigenvalue weighted by Crippen LogP contribution is -2.23. The largest absolute Gasteiger partial charge is 0.294 e. The van der Waals surface area contributed by atoms with Crippen molar-refractivity contribution in [2.45, 2.75) is 45.4 Å². The van der Waals surface area contributed by atoms with Crippen LogP contribution in [0.15, 0.2) is 12.1 Å². The number of carbonyl (C=O) groups excluding carboxylic acids is 1. The topological polar surface area (TPSA) is 17.1 Å². The van der Waals surface area contributed by atoms with Crippen molar-refractivity contribution < 1.29 is 4.79 Å². The standard InChI is InChI=1S/C15H18O/c1-8(2)10-5-4-9(3)13-14(10)11-6-7-12(11)15(13)16/h4-5,8,11-12H,6-7H2,1-3H3. The summed E-state index contributed by atoms with van der Waals surface area (Å²) in [6.45, 7) is 6.52. The normalized spacial score (nSPS) is 26.6. The molecule has 1 fully saturated rings. The predicted octanol–water partition coefficient (Wildman–Crippen LogP) is 3.81. The first-order valence-corrected chi connectivity index (χ1v) is 6.29. The molecule has 0 N–H and O–H groups in total. The summed E-state index contributed by atoms with van der Waals surface area (Å²) >= 11 is 0. The quantitative estimate of drug-likeness (QED) is 0.694. The van der Waals surface area contributed by atoms with E-state index in [4.69, 9.17) is 0 Å². The van der Waals surface area contributed by atoms with Crippen molar-refractivity contribution in [2.75, 3.05) is 0 Å². The van der Waals surface area contributed by atoms with Gasteiger partial charge in [0.05, 0.1) is 0 Å². The third kappa shape index (κ3) is 1.09. The zero-order chi connectivity index (χ0) is 11.4. The summed E-state index contributed by atoms with van der Waals surface area (Å²) in [5.41, 5.74) is 5.05. The molecular weight excluding hydrogens is 196 g/mol. The minimum absolute atomic E-state index is 0.327. The van der Waals surface area contributed by atoms with Crippen LogP contribution in [0.25, 0.3) is 0 Å². The SMILES string of the molecule is Cc1ccc(C(C)C)c2c1C(=O)C1CCC21. The average Bonchev–Trinajstić information content (AvgIpc) is 2.33. The molecule has 2 unspecified atom stereocenters. The number of carbonyl (C=O) groups is 1. The lowest BCUT2D eigenvalue weighted by atomic mass is 9.72. The van der Waals surface area contributed by atoms with Crippen LogP contribution in [0.3, 0.4) is 0 Å². The number of aryl methyl sites for hydroxylation is 1. The Hall–Kier alpha value is -1.11. The molecule has 2 aliphatic carbocycles. The van der Waals surface area contributed by atoms with E-state index in [-0.39, 0.29) is 0 Å². The number of Topliss-reactive ketones (excluding diaryl/α,β-unsaturated/α-hetero) is 1. The van der Waals surface area contributed by atoms with Crippen LogP contribution in [0.2, 0.25) is 0 Å². The van der Waals surface area contributed by atoms with Gasteiger partial charge in [0.15, 0.2) is 5.78 Å². The molecule has 1 heteroatoms. The Labute approximate surface area is 96.9 Å². The Morgan fingerprint density at radius 1 is 1.19 bits per heavy atom. The van der Waals surface area contributed by atoms with Gasteiger partial charge < -0.3 is 0 Å². The van der Waals surface area contributed by atoms with Crippen LogP contribution in [-0.4, -0.2) is 5.78 Å². The van der Waals surface area contributed by atoms with Crippen LogP contribution in [-0.2, 0) is 0 Å². The van der Waals surface area contributed by atoms with E-state index in [9.17, 15) is 4.79 Å². The highest BCUT2D eigenvalue weighted by atomic mass is 16.1. The smallest absolute Gasteiger partial charge is 0.167 e. The van der Waals surface area contributed by atoms with Gasteiger partial charge in [-0.1, -0.05) is 26.0 Å². The van der Waals surface area contributed by atoms with E-state index in [2.05, 4.69) is 32.9 Å². The lowest BCUT2D eigenvalue weighted by Gasteiger charge is -2.30. The fourth-order valence-corrected chi connectivity index (χ4v) is 3.32. The lowest BCUT2D eigenvalue weighted by molar-refractivity contribution is 0.0858. The molecule has 2 atom stereocenters. The number of benzene rings is 1. The zero-order valence-corrected chi connectivity index (χ0v) is 10.2. The Balaban J connectivity index is 2.25. The maximum atomic E-state index is 12.3. The fourth-order valence-electron chi connectivity index (χ4n) is 3.32. The summed E-state index contributed by atoms with van der Waals surface area (Å²) in [4.78, 5) is 12.3. The molecule has 0 spiro atoms. The zero-order valence-electron chi connectivity index (χ0n) is 10.2. The van der Waals surface area contributed by atoms with E-state index in [1.807, 2.05) is 0 Å². The molecule has 3 rings (SSSR count). The summed E-state index contributed by atoms with van der Waals surface area (Å²) in [6.07, 6.45) is 2.32. The number of rotatable bonds is 1. The monoisotopic (exact) mass is 214 g/mol. The van der Waals surface area contributed by atoms with Crippen molar-refractivity contribution >= 4 is 5.78 Å². The van der Waals surface area contributed by atoms with E-state index < -0.39 is 0 Å². The molecule has 1 aromatic rings. The van der Waals surface area contributed by atoms with Crippen LogP contribution in [0.4, 0.5) is 0 Å². The second-order valence-electron chi connectivity index (χ2n) is 5.57. The van der Waals surface area contributed by atoms with E-state index in [0.717, 1.165) is 12.0 Å². The van der Waals surface area contributed by atoms with Gasteiger partial charge >= 0.3 is 0 Å². The second-order valence-corrected chi connectivity index (χ2v) is 5.57. The van der Waals surface area contributed by atoms with E-state index >= 15 is 0 Å². The van der Waals surface area contributed by atoms with Crippen LogP contribution in [0.5, 0.6) is 0 Å². The third-order valence-corrected chi connectivity index (χ3v) is 4.34. The van der Waals surface area contributed by atoms with Gasteiger partial charge in [0.1, 0.15) is 0 Å². The first kappa shape index (κ1) is 10.1. The summed E-state index contributed by atoms with van der Waals surface area (Å²) in [7, 11) is 0.